The van der Waals surface area contributed by atoms with Gasteiger partial charge in [0, 0.05) is 0 Å². The van der Waals surface area contributed by atoms with E-state index in [4.69, 9.17) is 23.9 Å². The first kappa shape index (κ1) is 26.2. The Bertz CT molecular complexity index is 939. The molecule has 2 aromatic rings. The topological polar surface area (TPSA) is 60.7 Å². The van der Waals surface area contributed by atoms with E-state index >= 15 is 0 Å². The second-order valence-corrected chi connectivity index (χ2v) is 14.5. The van der Waals surface area contributed by atoms with E-state index in [-0.39, 0.29) is 23.4 Å². The molecule has 0 spiro atoms. The molecule has 0 bridgehead atoms. The highest BCUT2D eigenvalue weighted by molar-refractivity contribution is 6.99. The van der Waals surface area contributed by atoms with Crippen LogP contribution in [-0.4, -0.2) is 39.0 Å². The minimum atomic E-state index is -2.68. The standard InChI is InChI=1S/C28H37NO4Si/c1-7-22(30-21-29)18-19-25-26(33-28(5,6)32-25)20-31-34(27(2,3)4,23-14-10-8-11-15-23)24-16-12-9-13-17-24/h8-19,22,25-26H,7,20H2,1-6H3/b19-18+/t22-,25+,26+/m0/s1. The molecule has 0 N–H and O–H groups in total. The highest BCUT2D eigenvalue weighted by atomic mass is 28.4. The average Bonchev–Trinajstić information content (AvgIpc) is 3.11. The molecule has 1 saturated heterocycles. The second kappa shape index (κ2) is 10.9. The molecule has 34 heavy (non-hydrogen) atoms. The van der Waals surface area contributed by atoms with Crippen LogP contribution in [0.25, 0.3) is 0 Å². The maximum Gasteiger partial charge on any atom is 0.286 e. The van der Waals surface area contributed by atoms with Gasteiger partial charge in [-0.3, -0.25) is 0 Å². The summed E-state index contributed by atoms with van der Waals surface area (Å²) in [6, 6.07) is 21.1. The summed E-state index contributed by atoms with van der Waals surface area (Å²) in [5, 5.41) is 11.2. The quantitative estimate of drug-likeness (QED) is 0.290. The SMILES string of the molecule is CC[C@@H](/C=C/[C@H]1OC(C)(C)O[C@@H]1CO[Si](c1ccccc1)(c1ccccc1)C(C)(C)C)OC#N. The van der Waals surface area contributed by atoms with Gasteiger partial charge in [-0.05, 0) is 41.8 Å². The van der Waals surface area contributed by atoms with Gasteiger partial charge in [0.05, 0.1) is 6.61 Å². The fourth-order valence-corrected chi connectivity index (χ4v) is 9.25. The Morgan fingerprint density at radius 1 is 1.03 bits per heavy atom. The van der Waals surface area contributed by atoms with Gasteiger partial charge in [-0.25, -0.2) is 0 Å². The van der Waals surface area contributed by atoms with Crippen LogP contribution >= 0.6 is 0 Å². The number of benzene rings is 2. The molecule has 0 amide bonds. The molecule has 0 radical (unpaired) electrons. The fourth-order valence-electron chi connectivity index (χ4n) is 4.68. The van der Waals surface area contributed by atoms with Crippen LogP contribution in [-0.2, 0) is 18.6 Å². The zero-order valence-corrected chi connectivity index (χ0v) is 22.2. The van der Waals surface area contributed by atoms with Gasteiger partial charge in [0.15, 0.2) is 5.79 Å². The van der Waals surface area contributed by atoms with Crippen molar-refractivity contribution in [2.75, 3.05) is 6.61 Å². The van der Waals surface area contributed by atoms with Crippen LogP contribution in [0.3, 0.4) is 0 Å². The first-order valence-corrected chi connectivity index (χ1v) is 13.9. The maximum atomic E-state index is 8.88. The number of rotatable bonds is 9. The number of hydrogen-bond donors (Lipinski definition) is 0. The Morgan fingerprint density at radius 2 is 1.59 bits per heavy atom. The van der Waals surface area contributed by atoms with E-state index in [9.17, 15) is 0 Å². The molecule has 0 aromatic heterocycles. The van der Waals surface area contributed by atoms with Crippen LogP contribution < -0.4 is 10.4 Å². The first-order valence-electron chi connectivity index (χ1n) is 12.0. The van der Waals surface area contributed by atoms with Crippen LogP contribution in [0.5, 0.6) is 0 Å². The third-order valence-corrected chi connectivity index (χ3v) is 11.2. The lowest BCUT2D eigenvalue weighted by Gasteiger charge is -2.43. The van der Waals surface area contributed by atoms with Crippen LogP contribution in [0, 0.1) is 11.5 Å². The van der Waals surface area contributed by atoms with Crippen molar-refractivity contribution in [1.82, 2.24) is 0 Å². The summed E-state index contributed by atoms with van der Waals surface area (Å²) in [5.74, 6) is -0.730. The number of nitrogens with zero attached hydrogens (tertiary/aromatic N) is 1. The van der Waals surface area contributed by atoms with E-state index < -0.39 is 14.1 Å². The van der Waals surface area contributed by atoms with E-state index in [1.165, 1.54) is 10.4 Å². The molecule has 6 heteroatoms. The number of ether oxygens (including phenoxy) is 3. The van der Waals surface area contributed by atoms with Crippen molar-refractivity contribution < 1.29 is 18.6 Å². The van der Waals surface area contributed by atoms with Crippen molar-refractivity contribution in [3.8, 4) is 6.26 Å². The molecular formula is C28H37NO4Si. The highest BCUT2D eigenvalue weighted by Gasteiger charge is 2.51. The van der Waals surface area contributed by atoms with Crippen molar-refractivity contribution in [3.05, 3.63) is 72.8 Å². The van der Waals surface area contributed by atoms with E-state index in [2.05, 4.69) is 69.3 Å². The largest absolute Gasteiger partial charge is 0.420 e. The molecule has 1 fully saturated rings. The summed E-state index contributed by atoms with van der Waals surface area (Å²) in [5.41, 5.74) is 0. The molecule has 0 aliphatic carbocycles. The lowest BCUT2D eigenvalue weighted by Crippen LogP contribution is -2.67. The van der Waals surface area contributed by atoms with Gasteiger partial charge in [0.1, 0.15) is 18.3 Å². The van der Waals surface area contributed by atoms with Crippen LogP contribution in [0.15, 0.2) is 72.8 Å². The molecule has 1 aliphatic heterocycles. The lowest BCUT2D eigenvalue weighted by molar-refractivity contribution is -0.145. The van der Waals surface area contributed by atoms with Crippen molar-refractivity contribution >= 4 is 18.7 Å². The van der Waals surface area contributed by atoms with Crippen molar-refractivity contribution in [1.29, 1.82) is 5.26 Å². The van der Waals surface area contributed by atoms with Gasteiger partial charge in [-0.2, -0.15) is 5.26 Å². The van der Waals surface area contributed by atoms with E-state index in [0.29, 0.717) is 13.0 Å². The maximum absolute atomic E-state index is 8.88. The molecule has 5 nitrogen and oxygen atoms in total. The van der Waals surface area contributed by atoms with Gasteiger partial charge in [-0.1, -0.05) is 94.4 Å². The van der Waals surface area contributed by atoms with E-state index in [1.54, 1.807) is 6.26 Å². The van der Waals surface area contributed by atoms with Gasteiger partial charge < -0.3 is 18.6 Å². The van der Waals surface area contributed by atoms with Crippen molar-refractivity contribution in [2.45, 2.75) is 77.1 Å². The minimum absolute atomic E-state index is 0.121. The Balaban J connectivity index is 1.95. The Morgan fingerprint density at radius 3 is 2.06 bits per heavy atom. The van der Waals surface area contributed by atoms with Crippen LogP contribution in [0.4, 0.5) is 0 Å². The van der Waals surface area contributed by atoms with E-state index in [1.807, 2.05) is 45.1 Å². The molecule has 1 aliphatic rings. The summed E-state index contributed by atoms with van der Waals surface area (Å²) in [4.78, 5) is 0. The smallest absolute Gasteiger partial charge is 0.286 e. The van der Waals surface area contributed by atoms with E-state index in [0.717, 1.165) is 0 Å². The second-order valence-electron chi connectivity index (χ2n) is 10.2. The van der Waals surface area contributed by atoms with Gasteiger partial charge in [-0.15, -0.1) is 0 Å². The highest BCUT2D eigenvalue weighted by Crippen LogP contribution is 2.38. The summed E-state index contributed by atoms with van der Waals surface area (Å²) in [6.07, 6.45) is 5.44. The Hall–Kier alpha value is -2.43. The summed E-state index contributed by atoms with van der Waals surface area (Å²) >= 11 is 0. The first-order chi connectivity index (χ1) is 16.1. The Kier molecular flexibility index (Phi) is 8.37. The Labute approximate surface area is 205 Å². The number of nitriles is 1. The zero-order chi connectivity index (χ0) is 24.8. The van der Waals surface area contributed by atoms with Crippen LogP contribution in [0.2, 0.25) is 5.04 Å². The fraction of sp³-hybridized carbons (Fsp3) is 0.464. The molecule has 1 heterocycles. The molecule has 3 atom stereocenters. The normalized spacial score (nSPS) is 21.3. The molecule has 3 rings (SSSR count). The summed E-state index contributed by atoms with van der Waals surface area (Å²) < 4.78 is 24.7. The summed E-state index contributed by atoms with van der Waals surface area (Å²) in [6.45, 7) is 13.0. The lowest BCUT2D eigenvalue weighted by atomic mass is 10.1. The van der Waals surface area contributed by atoms with Crippen molar-refractivity contribution in [2.24, 2.45) is 0 Å². The van der Waals surface area contributed by atoms with Gasteiger partial charge in [0.2, 0.25) is 0 Å². The predicted molar refractivity (Wildman–Crippen MR) is 137 cm³/mol. The van der Waals surface area contributed by atoms with Gasteiger partial charge >= 0.3 is 0 Å². The molecule has 0 saturated carbocycles. The molecular weight excluding hydrogens is 442 g/mol. The predicted octanol–water partition coefficient (Wildman–Crippen LogP) is 4.92. The molecule has 182 valence electrons. The molecule has 0 unspecified atom stereocenters. The van der Waals surface area contributed by atoms with Crippen molar-refractivity contribution in [3.63, 3.8) is 0 Å². The molecule has 2 aromatic carbocycles. The summed E-state index contributed by atoms with van der Waals surface area (Å²) in [7, 11) is -2.68. The van der Waals surface area contributed by atoms with Crippen LogP contribution in [0.1, 0.15) is 48.0 Å². The number of hydrogen-bond acceptors (Lipinski definition) is 5. The monoisotopic (exact) mass is 479 g/mol. The average molecular weight is 480 g/mol. The zero-order valence-electron chi connectivity index (χ0n) is 21.2. The third-order valence-electron chi connectivity index (χ3n) is 6.22. The minimum Gasteiger partial charge on any atom is -0.420 e. The van der Waals surface area contributed by atoms with Gasteiger partial charge in [0.25, 0.3) is 14.6 Å². The third kappa shape index (κ3) is 5.79.